The predicted octanol–water partition coefficient (Wildman–Crippen LogP) is 3.62. The third-order valence-corrected chi connectivity index (χ3v) is 4.94. The van der Waals surface area contributed by atoms with Gasteiger partial charge in [-0.3, -0.25) is 19.7 Å². The minimum atomic E-state index is -0.425. The van der Waals surface area contributed by atoms with E-state index in [1.807, 2.05) is 0 Å². The van der Waals surface area contributed by atoms with Gasteiger partial charge in [0.15, 0.2) is 5.11 Å². The SMILES string of the molecule is COc1ccccc1C(=O)NC(=S)Nc1cccc(N2C(=O)c3ccccc3C2=O)c1. The zero-order valence-corrected chi connectivity index (χ0v) is 17.2. The van der Waals surface area contributed by atoms with Crippen molar-refractivity contribution in [2.45, 2.75) is 0 Å². The van der Waals surface area contributed by atoms with Gasteiger partial charge in [0.05, 0.1) is 29.5 Å². The molecule has 0 saturated heterocycles. The fourth-order valence-electron chi connectivity index (χ4n) is 3.31. The Bertz CT molecular complexity index is 1190. The summed E-state index contributed by atoms with van der Waals surface area (Å²) < 4.78 is 5.19. The lowest BCUT2D eigenvalue weighted by atomic mass is 10.1. The molecule has 0 spiro atoms. The first-order chi connectivity index (χ1) is 15.0. The molecule has 3 aromatic rings. The van der Waals surface area contributed by atoms with Gasteiger partial charge in [0, 0.05) is 5.69 Å². The summed E-state index contributed by atoms with van der Waals surface area (Å²) in [5.74, 6) is -0.767. The van der Waals surface area contributed by atoms with Crippen molar-refractivity contribution in [3.05, 3.63) is 89.5 Å². The maximum absolute atomic E-state index is 12.7. The van der Waals surface area contributed by atoms with Gasteiger partial charge in [-0.1, -0.05) is 30.3 Å². The zero-order valence-electron chi connectivity index (χ0n) is 16.4. The molecule has 0 aliphatic carbocycles. The summed E-state index contributed by atoms with van der Waals surface area (Å²) >= 11 is 5.24. The molecule has 0 aromatic heterocycles. The van der Waals surface area contributed by atoms with E-state index in [1.54, 1.807) is 72.8 Å². The molecule has 1 aliphatic rings. The van der Waals surface area contributed by atoms with Gasteiger partial charge in [-0.15, -0.1) is 0 Å². The molecule has 8 heteroatoms. The maximum atomic E-state index is 12.7. The first-order valence-corrected chi connectivity index (χ1v) is 9.73. The van der Waals surface area contributed by atoms with Crippen molar-refractivity contribution in [2.75, 3.05) is 17.3 Å². The molecule has 1 aliphatic heterocycles. The number of nitrogens with zero attached hydrogens (tertiary/aromatic N) is 1. The second-order valence-corrected chi connectivity index (χ2v) is 7.06. The first kappa shape index (κ1) is 20.2. The van der Waals surface area contributed by atoms with Crippen LogP contribution in [0.2, 0.25) is 0 Å². The quantitative estimate of drug-likeness (QED) is 0.485. The largest absolute Gasteiger partial charge is 0.496 e. The van der Waals surface area contributed by atoms with E-state index in [0.717, 1.165) is 4.90 Å². The van der Waals surface area contributed by atoms with Crippen LogP contribution < -0.4 is 20.3 Å². The Morgan fingerprint density at radius 2 is 1.55 bits per heavy atom. The Balaban J connectivity index is 1.49. The number of amides is 3. The number of ether oxygens (including phenoxy) is 1. The summed E-state index contributed by atoms with van der Waals surface area (Å²) in [7, 11) is 1.48. The number of hydrogen-bond acceptors (Lipinski definition) is 5. The lowest BCUT2D eigenvalue weighted by Gasteiger charge is -2.16. The summed E-state index contributed by atoms with van der Waals surface area (Å²) in [5.41, 5.74) is 1.99. The van der Waals surface area contributed by atoms with Gasteiger partial charge >= 0.3 is 0 Å². The van der Waals surface area contributed by atoms with Crippen molar-refractivity contribution in [3.63, 3.8) is 0 Å². The fraction of sp³-hybridized carbons (Fsp3) is 0.0435. The molecule has 0 atom stereocenters. The Morgan fingerprint density at radius 1 is 0.903 bits per heavy atom. The second kappa shape index (κ2) is 8.37. The summed E-state index contributed by atoms with van der Waals surface area (Å²) in [5, 5.41) is 5.56. The van der Waals surface area contributed by atoms with Gasteiger partial charge in [0.1, 0.15) is 5.75 Å². The molecule has 4 rings (SSSR count). The molecule has 3 aromatic carbocycles. The molecule has 31 heavy (non-hydrogen) atoms. The molecule has 3 amide bonds. The summed E-state index contributed by atoms with van der Waals surface area (Å²) in [6, 6.07) is 20.1. The monoisotopic (exact) mass is 431 g/mol. The Labute approximate surface area is 183 Å². The molecule has 0 radical (unpaired) electrons. The van der Waals surface area contributed by atoms with Crippen LogP contribution in [0.5, 0.6) is 5.75 Å². The number of benzene rings is 3. The van der Waals surface area contributed by atoms with Crippen molar-refractivity contribution in [1.29, 1.82) is 0 Å². The normalized spacial score (nSPS) is 12.4. The van der Waals surface area contributed by atoms with Crippen molar-refractivity contribution in [2.24, 2.45) is 0 Å². The Morgan fingerprint density at radius 3 is 2.23 bits per heavy atom. The second-order valence-electron chi connectivity index (χ2n) is 6.65. The lowest BCUT2D eigenvalue weighted by molar-refractivity contribution is 0.0923. The lowest BCUT2D eigenvalue weighted by Crippen LogP contribution is -2.34. The van der Waals surface area contributed by atoms with Crippen LogP contribution in [0.3, 0.4) is 0 Å². The molecular formula is C23H17N3O4S. The molecule has 0 bridgehead atoms. The summed E-state index contributed by atoms with van der Waals surface area (Å²) in [6.45, 7) is 0. The first-order valence-electron chi connectivity index (χ1n) is 9.33. The molecule has 2 N–H and O–H groups in total. The molecule has 0 unspecified atom stereocenters. The predicted molar refractivity (Wildman–Crippen MR) is 121 cm³/mol. The van der Waals surface area contributed by atoms with E-state index in [2.05, 4.69) is 10.6 Å². The Kier molecular flexibility index (Phi) is 5.46. The van der Waals surface area contributed by atoms with Crippen molar-refractivity contribution < 1.29 is 19.1 Å². The van der Waals surface area contributed by atoms with Crippen LogP contribution >= 0.6 is 12.2 Å². The van der Waals surface area contributed by atoms with E-state index in [4.69, 9.17) is 17.0 Å². The van der Waals surface area contributed by atoms with Gasteiger partial charge in [0.25, 0.3) is 17.7 Å². The van der Waals surface area contributed by atoms with Gasteiger partial charge in [-0.25, -0.2) is 4.90 Å². The zero-order chi connectivity index (χ0) is 22.0. The van der Waals surface area contributed by atoms with E-state index in [1.165, 1.54) is 7.11 Å². The number of carbonyl (C=O) groups excluding carboxylic acids is 3. The third-order valence-electron chi connectivity index (χ3n) is 4.73. The number of thiocarbonyl (C=S) groups is 1. The van der Waals surface area contributed by atoms with E-state index in [-0.39, 0.29) is 16.9 Å². The minimum absolute atomic E-state index is 0.0652. The van der Waals surface area contributed by atoms with E-state index < -0.39 is 5.91 Å². The highest BCUT2D eigenvalue weighted by Crippen LogP contribution is 2.29. The van der Waals surface area contributed by atoms with Crippen molar-refractivity contribution in [3.8, 4) is 5.75 Å². The molecular weight excluding hydrogens is 414 g/mol. The van der Waals surface area contributed by atoms with Crippen LogP contribution in [0.15, 0.2) is 72.8 Å². The average molecular weight is 431 g/mol. The summed E-state index contributed by atoms with van der Waals surface area (Å²) in [6.07, 6.45) is 0. The highest BCUT2D eigenvalue weighted by atomic mass is 32.1. The highest BCUT2D eigenvalue weighted by molar-refractivity contribution is 7.80. The van der Waals surface area contributed by atoms with Gasteiger partial charge in [-0.05, 0) is 54.7 Å². The molecule has 154 valence electrons. The van der Waals surface area contributed by atoms with Crippen LogP contribution in [0.1, 0.15) is 31.1 Å². The van der Waals surface area contributed by atoms with Gasteiger partial charge in [-0.2, -0.15) is 0 Å². The van der Waals surface area contributed by atoms with E-state index in [0.29, 0.717) is 33.8 Å². The number of para-hydroxylation sites is 1. The van der Waals surface area contributed by atoms with E-state index in [9.17, 15) is 14.4 Å². The highest BCUT2D eigenvalue weighted by Gasteiger charge is 2.36. The van der Waals surface area contributed by atoms with Crippen LogP contribution in [-0.4, -0.2) is 29.9 Å². The molecule has 7 nitrogen and oxygen atoms in total. The Hall–Kier alpha value is -4.04. The van der Waals surface area contributed by atoms with Gasteiger partial charge < -0.3 is 10.1 Å². The molecule has 0 saturated carbocycles. The smallest absolute Gasteiger partial charge is 0.266 e. The minimum Gasteiger partial charge on any atom is -0.496 e. The molecule has 1 heterocycles. The van der Waals surface area contributed by atoms with Crippen molar-refractivity contribution >= 4 is 46.4 Å². The number of imide groups is 1. The fourth-order valence-corrected chi connectivity index (χ4v) is 3.52. The number of nitrogens with one attached hydrogen (secondary N) is 2. The van der Waals surface area contributed by atoms with Crippen LogP contribution in [0.4, 0.5) is 11.4 Å². The number of fused-ring (bicyclic) bond motifs is 1. The summed E-state index contributed by atoms with van der Waals surface area (Å²) in [4.78, 5) is 39.0. The number of rotatable bonds is 4. The maximum Gasteiger partial charge on any atom is 0.266 e. The standard InChI is InChI=1S/C23H17N3O4S/c1-30-19-12-5-4-11-18(19)20(27)25-23(31)24-14-7-6-8-15(13-14)26-21(28)16-9-2-3-10-17(16)22(26)29/h2-13H,1H3,(H2,24,25,27,31). The van der Waals surface area contributed by atoms with Crippen LogP contribution in [0.25, 0.3) is 0 Å². The molecule has 0 fully saturated rings. The average Bonchev–Trinajstić information content (AvgIpc) is 3.04. The van der Waals surface area contributed by atoms with Crippen LogP contribution in [0, 0.1) is 0 Å². The van der Waals surface area contributed by atoms with Gasteiger partial charge in [0.2, 0.25) is 0 Å². The third kappa shape index (κ3) is 3.88. The number of carbonyl (C=O) groups is 3. The number of hydrogen-bond donors (Lipinski definition) is 2. The van der Waals surface area contributed by atoms with Crippen LogP contribution in [-0.2, 0) is 0 Å². The number of methoxy groups -OCH3 is 1. The van der Waals surface area contributed by atoms with Crippen molar-refractivity contribution in [1.82, 2.24) is 5.32 Å². The van der Waals surface area contributed by atoms with E-state index >= 15 is 0 Å². The topological polar surface area (TPSA) is 87.7 Å². The number of anilines is 2.